The molecule has 2 fully saturated rings. The number of hydrogen-bond acceptors (Lipinski definition) is 3. The number of hydrogen-bond donors (Lipinski definition) is 1. The Bertz CT molecular complexity index is 534. The number of carbonyl (C=O) groups is 2. The number of morpholine rings is 1. The van der Waals surface area contributed by atoms with Crippen LogP contribution in [0.25, 0.3) is 0 Å². The maximum atomic E-state index is 12.2. The van der Waals surface area contributed by atoms with E-state index in [1.807, 2.05) is 30.3 Å². The lowest BCUT2D eigenvalue weighted by molar-refractivity contribution is -0.150. The quantitative estimate of drug-likeness (QED) is 0.859. The van der Waals surface area contributed by atoms with Crippen LogP contribution in [0.3, 0.4) is 0 Å². The molecule has 2 saturated heterocycles. The second-order valence-electron chi connectivity index (χ2n) is 5.47. The first kappa shape index (κ1) is 13.9. The van der Waals surface area contributed by atoms with Crippen LogP contribution in [0.4, 0.5) is 4.79 Å². The smallest absolute Gasteiger partial charge is 0.317 e. The van der Waals surface area contributed by atoms with Gasteiger partial charge in [-0.2, -0.15) is 0 Å². The monoisotopic (exact) mass is 289 g/mol. The Hall–Kier alpha value is -2.08. The fraction of sp³-hybridized carbons (Fsp3) is 0.467. The van der Waals surface area contributed by atoms with Crippen LogP contribution in [-0.2, 0) is 16.1 Å². The van der Waals surface area contributed by atoms with Gasteiger partial charge in [-0.3, -0.25) is 4.79 Å². The van der Waals surface area contributed by atoms with Crippen LogP contribution in [0, 0.1) is 0 Å². The van der Waals surface area contributed by atoms with E-state index in [1.165, 1.54) is 0 Å². The van der Waals surface area contributed by atoms with E-state index in [0.717, 1.165) is 5.56 Å². The van der Waals surface area contributed by atoms with Crippen LogP contribution >= 0.6 is 0 Å². The first-order valence-corrected chi connectivity index (χ1v) is 7.09. The average Bonchev–Trinajstić information content (AvgIpc) is 2.95. The third kappa shape index (κ3) is 2.85. The van der Waals surface area contributed by atoms with Crippen molar-refractivity contribution in [2.24, 2.45) is 0 Å². The predicted molar refractivity (Wildman–Crippen MR) is 76.5 cm³/mol. The van der Waals surface area contributed by atoms with Gasteiger partial charge in [0.15, 0.2) is 0 Å². The Morgan fingerprint density at radius 1 is 1.33 bits per heavy atom. The third-order valence-corrected chi connectivity index (χ3v) is 4.12. The van der Waals surface area contributed by atoms with E-state index in [2.05, 4.69) is 5.32 Å². The van der Waals surface area contributed by atoms with Crippen molar-refractivity contribution in [3.8, 4) is 0 Å². The Labute approximate surface area is 123 Å². The van der Waals surface area contributed by atoms with Gasteiger partial charge in [-0.15, -0.1) is 0 Å². The number of benzene rings is 1. The molecule has 1 N–H and O–H groups in total. The van der Waals surface area contributed by atoms with Crippen LogP contribution in [0.2, 0.25) is 0 Å². The first-order valence-electron chi connectivity index (χ1n) is 7.09. The van der Waals surface area contributed by atoms with E-state index in [0.29, 0.717) is 19.6 Å². The minimum Gasteiger partial charge on any atom is -0.364 e. The molecule has 3 rings (SSSR count). The molecule has 3 amide bonds. The number of amides is 3. The van der Waals surface area contributed by atoms with Crippen LogP contribution in [0.1, 0.15) is 5.56 Å². The number of likely N-dealkylation sites (N-methyl/N-ethyl adjacent to an activating group) is 1. The highest BCUT2D eigenvalue weighted by Crippen LogP contribution is 2.22. The lowest BCUT2D eigenvalue weighted by atomic mass is 10.1. The molecule has 0 aromatic heterocycles. The zero-order valence-electron chi connectivity index (χ0n) is 12.0. The number of fused-ring (bicyclic) bond motifs is 1. The molecule has 0 aliphatic carbocycles. The van der Waals surface area contributed by atoms with Crippen molar-refractivity contribution < 1.29 is 14.3 Å². The van der Waals surface area contributed by atoms with Gasteiger partial charge in [0, 0.05) is 20.1 Å². The van der Waals surface area contributed by atoms with Crippen molar-refractivity contribution >= 4 is 11.9 Å². The van der Waals surface area contributed by atoms with Crippen molar-refractivity contribution in [2.45, 2.75) is 18.7 Å². The summed E-state index contributed by atoms with van der Waals surface area (Å²) in [4.78, 5) is 27.2. The minimum absolute atomic E-state index is 0.0252. The molecular weight excluding hydrogens is 270 g/mol. The summed E-state index contributed by atoms with van der Waals surface area (Å²) in [5.74, 6) is -0.0252. The van der Waals surface area contributed by atoms with Crippen molar-refractivity contribution in [1.82, 2.24) is 15.1 Å². The lowest BCUT2D eigenvalue weighted by Crippen LogP contribution is -2.51. The lowest BCUT2D eigenvalue weighted by Gasteiger charge is -2.33. The van der Waals surface area contributed by atoms with Crippen molar-refractivity contribution in [3.05, 3.63) is 35.9 Å². The summed E-state index contributed by atoms with van der Waals surface area (Å²) in [6.45, 7) is 1.66. The summed E-state index contributed by atoms with van der Waals surface area (Å²) in [6, 6.07) is 9.63. The first-order chi connectivity index (χ1) is 10.1. The molecule has 6 heteroatoms. The molecule has 2 atom stereocenters. The molecule has 1 aromatic carbocycles. The molecule has 2 aliphatic heterocycles. The van der Waals surface area contributed by atoms with Gasteiger partial charge in [-0.25, -0.2) is 4.79 Å². The summed E-state index contributed by atoms with van der Waals surface area (Å²) in [5, 5.41) is 2.90. The molecule has 0 radical (unpaired) electrons. The fourth-order valence-corrected chi connectivity index (χ4v) is 2.81. The Kier molecular flexibility index (Phi) is 3.79. The number of nitrogens with one attached hydrogen (secondary N) is 1. The Balaban J connectivity index is 1.56. The second-order valence-corrected chi connectivity index (χ2v) is 5.47. The highest BCUT2D eigenvalue weighted by Gasteiger charge is 2.43. The minimum atomic E-state index is -0.113. The summed E-state index contributed by atoms with van der Waals surface area (Å²) in [7, 11) is 1.77. The van der Waals surface area contributed by atoms with E-state index in [4.69, 9.17) is 4.74 Å². The molecule has 0 bridgehead atoms. The zero-order valence-corrected chi connectivity index (χ0v) is 12.0. The van der Waals surface area contributed by atoms with Gasteiger partial charge >= 0.3 is 6.03 Å². The van der Waals surface area contributed by atoms with E-state index in [-0.39, 0.29) is 30.7 Å². The molecule has 21 heavy (non-hydrogen) atoms. The highest BCUT2D eigenvalue weighted by atomic mass is 16.5. The molecule has 2 aliphatic rings. The van der Waals surface area contributed by atoms with Crippen LogP contribution < -0.4 is 5.32 Å². The van der Waals surface area contributed by atoms with Gasteiger partial charge in [0.05, 0.1) is 18.7 Å². The number of likely N-dealkylation sites (tertiary alicyclic amines) is 1. The predicted octanol–water partition coefficient (Wildman–Crippen LogP) is 0.438. The Morgan fingerprint density at radius 2 is 2.10 bits per heavy atom. The van der Waals surface area contributed by atoms with Crippen LogP contribution in [0.5, 0.6) is 0 Å². The average molecular weight is 289 g/mol. The molecule has 0 unspecified atom stereocenters. The maximum absolute atomic E-state index is 12.2. The summed E-state index contributed by atoms with van der Waals surface area (Å²) in [5.41, 5.74) is 1.06. The van der Waals surface area contributed by atoms with E-state index < -0.39 is 0 Å². The van der Waals surface area contributed by atoms with E-state index in [9.17, 15) is 9.59 Å². The van der Waals surface area contributed by atoms with Crippen LogP contribution in [-0.4, -0.2) is 60.6 Å². The number of urea groups is 1. The van der Waals surface area contributed by atoms with E-state index >= 15 is 0 Å². The number of nitrogens with zero attached hydrogens (tertiary/aromatic N) is 2. The van der Waals surface area contributed by atoms with Crippen molar-refractivity contribution in [2.75, 3.05) is 26.7 Å². The molecular formula is C15H19N3O3. The van der Waals surface area contributed by atoms with Gasteiger partial charge in [-0.1, -0.05) is 30.3 Å². The standard InChI is InChI=1S/C15H19N3O3/c1-17-12-8-18(9-13(12)21-10-14(17)19)15(20)16-7-11-5-3-2-4-6-11/h2-6,12-13H,7-10H2,1H3,(H,16,20)/t12-,13+/m1/s1. The molecule has 0 saturated carbocycles. The number of ether oxygens (including phenoxy) is 1. The molecule has 0 spiro atoms. The maximum Gasteiger partial charge on any atom is 0.317 e. The summed E-state index contributed by atoms with van der Waals surface area (Å²) in [6.07, 6.45) is -0.0739. The van der Waals surface area contributed by atoms with Gasteiger partial charge in [0.1, 0.15) is 6.61 Å². The number of carbonyl (C=O) groups excluding carboxylic acids is 2. The summed E-state index contributed by atoms with van der Waals surface area (Å²) < 4.78 is 5.51. The molecule has 2 heterocycles. The SMILES string of the molecule is CN1C(=O)CO[C@H]2CN(C(=O)NCc3ccccc3)C[C@H]21. The second kappa shape index (κ2) is 5.73. The summed E-state index contributed by atoms with van der Waals surface area (Å²) >= 11 is 0. The van der Waals surface area contributed by atoms with Gasteiger partial charge in [-0.05, 0) is 5.56 Å². The molecule has 1 aromatic rings. The third-order valence-electron chi connectivity index (χ3n) is 4.12. The largest absolute Gasteiger partial charge is 0.364 e. The Morgan fingerprint density at radius 3 is 2.86 bits per heavy atom. The van der Waals surface area contributed by atoms with Gasteiger partial charge in [0.25, 0.3) is 0 Å². The zero-order chi connectivity index (χ0) is 14.8. The highest BCUT2D eigenvalue weighted by molar-refractivity contribution is 5.79. The molecule has 6 nitrogen and oxygen atoms in total. The number of rotatable bonds is 2. The van der Waals surface area contributed by atoms with Crippen molar-refractivity contribution in [1.29, 1.82) is 0 Å². The van der Waals surface area contributed by atoms with E-state index in [1.54, 1.807) is 16.8 Å². The van der Waals surface area contributed by atoms with Crippen molar-refractivity contribution in [3.63, 3.8) is 0 Å². The normalized spacial score (nSPS) is 24.9. The van der Waals surface area contributed by atoms with Crippen LogP contribution in [0.15, 0.2) is 30.3 Å². The van der Waals surface area contributed by atoms with Gasteiger partial charge in [0.2, 0.25) is 5.91 Å². The molecule has 112 valence electrons. The van der Waals surface area contributed by atoms with Gasteiger partial charge < -0.3 is 19.9 Å². The topological polar surface area (TPSA) is 61.9 Å². The fourth-order valence-electron chi connectivity index (χ4n) is 2.81.